The zero-order valence-corrected chi connectivity index (χ0v) is 20.8. The minimum absolute atomic E-state index is 0.385. The van der Waals surface area contributed by atoms with Crippen LogP contribution in [0.3, 0.4) is 0 Å². The zero-order chi connectivity index (χ0) is 23.5. The van der Waals surface area contributed by atoms with Crippen LogP contribution in [0.1, 0.15) is 31.8 Å². The number of halogens is 1. The van der Waals surface area contributed by atoms with E-state index in [-0.39, 0.29) is 0 Å². The molecule has 2 aromatic heterocycles. The molecule has 0 fully saturated rings. The van der Waals surface area contributed by atoms with Crippen molar-refractivity contribution >= 4 is 63.8 Å². The predicted octanol–water partition coefficient (Wildman–Crippen LogP) is 5.53. The number of benzene rings is 2. The lowest BCUT2D eigenvalue weighted by Gasteiger charge is -1.99. The number of thiophene rings is 2. The smallest absolute Gasteiger partial charge is 0.423 e. The third-order valence-electron chi connectivity index (χ3n) is 4.34. The molecule has 0 radical (unpaired) electrons. The molecule has 4 aromatic rings. The number of hydrogen-bond acceptors (Lipinski definition) is 6. The molecule has 0 unspecified atom stereocenters. The first-order valence-electron chi connectivity index (χ1n) is 9.56. The molecule has 0 bridgehead atoms. The minimum Gasteiger partial charge on any atom is -0.423 e. The number of aldehydes is 2. The Balaban J connectivity index is 0.000000180. The molecule has 2 heterocycles. The quantitative estimate of drug-likeness (QED) is 0.269. The topological polar surface area (TPSA) is 74.6 Å². The molecular formula is C24H22BBrO4S2. The normalized spacial score (nSPS) is 9.66. The van der Waals surface area contributed by atoms with Crippen molar-refractivity contribution < 1.29 is 19.6 Å². The van der Waals surface area contributed by atoms with E-state index in [9.17, 15) is 9.59 Å². The largest absolute Gasteiger partial charge is 0.488 e. The summed E-state index contributed by atoms with van der Waals surface area (Å²) in [5.41, 5.74) is 5.43. The van der Waals surface area contributed by atoms with E-state index in [4.69, 9.17) is 10.0 Å². The molecule has 4 rings (SSSR count). The summed E-state index contributed by atoms with van der Waals surface area (Å²) in [5.74, 6) is 0. The Morgan fingerprint density at radius 3 is 1.59 bits per heavy atom. The fraction of sp³-hybridized carbons (Fsp3) is 0.0833. The zero-order valence-electron chi connectivity index (χ0n) is 17.6. The van der Waals surface area contributed by atoms with Crippen LogP contribution < -0.4 is 5.46 Å². The lowest BCUT2D eigenvalue weighted by atomic mass is 9.80. The number of carbonyl (C=O) groups is 2. The van der Waals surface area contributed by atoms with Gasteiger partial charge in [-0.3, -0.25) is 9.59 Å². The van der Waals surface area contributed by atoms with Crippen molar-refractivity contribution in [1.82, 2.24) is 0 Å². The van der Waals surface area contributed by atoms with Crippen LogP contribution in [0.25, 0.3) is 10.4 Å². The lowest BCUT2D eigenvalue weighted by Crippen LogP contribution is -2.29. The van der Waals surface area contributed by atoms with E-state index in [0.29, 0.717) is 17.3 Å². The maximum Gasteiger partial charge on any atom is 0.488 e. The number of rotatable bonds is 4. The Morgan fingerprint density at radius 1 is 0.750 bits per heavy atom. The van der Waals surface area contributed by atoms with E-state index >= 15 is 0 Å². The summed E-state index contributed by atoms with van der Waals surface area (Å²) in [4.78, 5) is 21.9. The molecule has 0 amide bonds. The molecule has 0 aliphatic rings. The third-order valence-corrected chi connectivity index (χ3v) is 7.39. The van der Waals surface area contributed by atoms with Crippen LogP contribution in [-0.2, 0) is 0 Å². The van der Waals surface area contributed by atoms with Crippen LogP contribution in [-0.4, -0.2) is 29.7 Å². The molecule has 0 saturated heterocycles. The molecule has 32 heavy (non-hydrogen) atoms. The van der Waals surface area contributed by atoms with Crippen LogP contribution in [0.5, 0.6) is 0 Å². The first-order chi connectivity index (χ1) is 15.3. The van der Waals surface area contributed by atoms with Gasteiger partial charge in [-0.15, -0.1) is 22.7 Å². The number of carbonyl (C=O) groups excluding carboxylic acids is 2. The van der Waals surface area contributed by atoms with Gasteiger partial charge in [0.1, 0.15) is 12.6 Å². The van der Waals surface area contributed by atoms with Crippen LogP contribution in [0.15, 0.2) is 75.2 Å². The first-order valence-corrected chi connectivity index (χ1v) is 12.1. The van der Waals surface area contributed by atoms with E-state index in [2.05, 4.69) is 52.7 Å². The molecule has 0 saturated carbocycles. The Morgan fingerprint density at radius 2 is 1.25 bits per heavy atom. The summed E-state index contributed by atoms with van der Waals surface area (Å²) in [7, 11) is -1.46. The molecule has 164 valence electrons. The van der Waals surface area contributed by atoms with Gasteiger partial charge in [-0.2, -0.15) is 0 Å². The Labute approximate surface area is 204 Å². The van der Waals surface area contributed by atoms with Crippen molar-refractivity contribution in [2.45, 2.75) is 13.8 Å². The van der Waals surface area contributed by atoms with Gasteiger partial charge in [-0.25, -0.2) is 0 Å². The van der Waals surface area contributed by atoms with Gasteiger partial charge in [0.15, 0.2) is 0 Å². The van der Waals surface area contributed by atoms with Crippen molar-refractivity contribution in [3.63, 3.8) is 0 Å². The van der Waals surface area contributed by atoms with E-state index in [1.54, 1.807) is 22.7 Å². The van der Waals surface area contributed by atoms with Crippen molar-refractivity contribution in [2.75, 3.05) is 0 Å². The van der Waals surface area contributed by atoms with Gasteiger partial charge >= 0.3 is 7.12 Å². The van der Waals surface area contributed by atoms with E-state index in [1.807, 2.05) is 24.3 Å². The van der Waals surface area contributed by atoms with Gasteiger partial charge in [0.05, 0.1) is 3.79 Å². The fourth-order valence-corrected chi connectivity index (χ4v) is 4.52. The second-order valence-electron chi connectivity index (χ2n) is 6.71. The molecule has 0 atom stereocenters. The van der Waals surface area contributed by atoms with Crippen molar-refractivity contribution in [2.24, 2.45) is 0 Å². The van der Waals surface area contributed by atoms with Gasteiger partial charge in [0.2, 0.25) is 0 Å². The third kappa shape index (κ3) is 7.96. The highest BCUT2D eigenvalue weighted by atomic mass is 79.9. The Hall–Kier alpha value is -2.36. The summed E-state index contributed by atoms with van der Waals surface area (Å²) in [6.45, 7) is 4.18. The average Bonchev–Trinajstić information content (AvgIpc) is 3.42. The number of hydrogen-bond donors (Lipinski definition) is 2. The van der Waals surface area contributed by atoms with Crippen LogP contribution >= 0.6 is 38.6 Å². The monoisotopic (exact) mass is 528 g/mol. The van der Waals surface area contributed by atoms with Gasteiger partial charge in [0.25, 0.3) is 0 Å². The molecule has 4 nitrogen and oxygen atoms in total. The highest BCUT2D eigenvalue weighted by Crippen LogP contribution is 2.28. The second kappa shape index (κ2) is 13.3. The first kappa shape index (κ1) is 25.9. The lowest BCUT2D eigenvalue weighted by molar-refractivity contribution is 0.111. The second-order valence-corrected chi connectivity index (χ2v) is 9.86. The van der Waals surface area contributed by atoms with Crippen molar-refractivity contribution in [3.05, 3.63) is 97.5 Å². The van der Waals surface area contributed by atoms with Crippen LogP contribution in [0.4, 0.5) is 0 Å². The molecule has 2 aromatic carbocycles. The van der Waals surface area contributed by atoms with E-state index in [1.165, 1.54) is 49.6 Å². The van der Waals surface area contributed by atoms with Crippen molar-refractivity contribution in [1.29, 1.82) is 0 Å². The van der Waals surface area contributed by atoms with Crippen molar-refractivity contribution in [3.8, 4) is 10.4 Å². The van der Waals surface area contributed by atoms with Gasteiger partial charge in [0, 0.05) is 16.0 Å². The average molecular weight is 529 g/mol. The Kier molecular flexibility index (Phi) is 10.7. The predicted molar refractivity (Wildman–Crippen MR) is 138 cm³/mol. The van der Waals surface area contributed by atoms with Gasteiger partial charge < -0.3 is 10.0 Å². The highest BCUT2D eigenvalue weighted by Gasteiger charge is 2.09. The van der Waals surface area contributed by atoms with E-state index in [0.717, 1.165) is 11.8 Å². The molecule has 2 N–H and O–H groups in total. The molecule has 8 heteroatoms. The maximum absolute atomic E-state index is 10.5. The Bertz CT molecular complexity index is 1100. The fourth-order valence-electron chi connectivity index (χ4n) is 2.48. The standard InChI is InChI=1S/C12H10OS.C7H7BO3.C5H5BrS/c1-9-6-7-14-12(9)11-4-2-10(8-13)3-5-11;9-5-6-1-3-7(4-2-6)8(10)11;1-4-2-3-7-5(4)6/h2-8H,1H3;1-5,10-11H;2-3H,1H3. The minimum atomic E-state index is -1.46. The number of aryl methyl sites for hydroxylation is 2. The molecule has 0 aliphatic heterocycles. The van der Waals surface area contributed by atoms with Crippen LogP contribution in [0.2, 0.25) is 0 Å². The maximum atomic E-state index is 10.5. The molecule has 0 aliphatic carbocycles. The van der Waals surface area contributed by atoms with Gasteiger partial charge in [-0.05, 0) is 74.8 Å². The molecular weight excluding hydrogens is 507 g/mol. The highest BCUT2D eigenvalue weighted by molar-refractivity contribution is 9.11. The van der Waals surface area contributed by atoms with E-state index < -0.39 is 7.12 Å². The summed E-state index contributed by atoms with van der Waals surface area (Å²) >= 11 is 6.83. The summed E-state index contributed by atoms with van der Waals surface area (Å²) < 4.78 is 1.24. The summed E-state index contributed by atoms with van der Waals surface area (Å²) in [6.07, 6.45) is 1.57. The summed E-state index contributed by atoms with van der Waals surface area (Å²) in [5, 5.41) is 21.5. The summed E-state index contributed by atoms with van der Waals surface area (Å²) in [6, 6.07) is 17.9. The SMILES string of the molecule is Cc1ccsc1-c1ccc(C=O)cc1.Cc1ccsc1Br.O=Cc1ccc(B(O)O)cc1. The molecule has 0 spiro atoms. The van der Waals surface area contributed by atoms with Gasteiger partial charge in [-0.1, -0.05) is 48.5 Å². The van der Waals surface area contributed by atoms with Crippen LogP contribution in [0, 0.1) is 13.8 Å².